The molecule has 1 atom stereocenters. The van der Waals surface area contributed by atoms with Crippen LogP contribution in [-0.4, -0.2) is 5.11 Å². The molecular weight excluding hydrogens is 284 g/mol. The van der Waals surface area contributed by atoms with Crippen molar-refractivity contribution in [3.05, 3.63) is 55.7 Å². The van der Waals surface area contributed by atoms with Gasteiger partial charge in [0, 0.05) is 0 Å². The number of aryl methyl sites for hydroxylation is 2. The molecule has 0 bridgehead atoms. The maximum Gasteiger partial charge on any atom is 0.105 e. The number of rotatable bonds is 2. The fourth-order valence-electron chi connectivity index (χ4n) is 1.70. The van der Waals surface area contributed by atoms with E-state index < -0.39 is 6.10 Å². The van der Waals surface area contributed by atoms with Gasteiger partial charge in [0.15, 0.2) is 0 Å². The number of aliphatic hydroxyl groups excluding tert-OH is 1. The third-order valence-electron chi connectivity index (χ3n) is 2.63. The Bertz CT molecular complexity index is 504. The summed E-state index contributed by atoms with van der Waals surface area (Å²) in [6.07, 6.45) is -0.526. The molecule has 3 heteroatoms. The fraction of sp³-hybridized carbons (Fsp3) is 0.231. The van der Waals surface area contributed by atoms with Gasteiger partial charge in [0.25, 0.3) is 0 Å². The minimum absolute atomic E-state index is 0.526. The minimum Gasteiger partial charge on any atom is -0.384 e. The van der Waals surface area contributed by atoms with Crippen LogP contribution in [-0.2, 0) is 0 Å². The Hall–Kier alpha value is -0.640. The number of thiophene rings is 1. The molecule has 1 nitrogen and oxygen atoms in total. The molecule has 0 amide bonds. The summed E-state index contributed by atoms with van der Waals surface area (Å²) in [5, 5.41) is 12.3. The molecule has 1 N–H and O–H groups in total. The second-order valence-corrected chi connectivity index (χ2v) is 6.24. The lowest BCUT2D eigenvalue weighted by molar-refractivity contribution is 0.220. The molecule has 0 saturated heterocycles. The van der Waals surface area contributed by atoms with Crippen molar-refractivity contribution in [3.63, 3.8) is 0 Å². The van der Waals surface area contributed by atoms with E-state index in [2.05, 4.69) is 28.1 Å². The molecule has 1 unspecified atom stereocenters. The third-order valence-corrected chi connectivity index (χ3v) is 4.16. The van der Waals surface area contributed by atoms with Gasteiger partial charge in [-0.1, -0.05) is 23.8 Å². The van der Waals surface area contributed by atoms with E-state index in [9.17, 15) is 5.11 Å². The zero-order chi connectivity index (χ0) is 11.7. The maximum absolute atomic E-state index is 10.3. The second-order valence-electron chi connectivity index (χ2n) is 3.95. The van der Waals surface area contributed by atoms with Crippen molar-refractivity contribution >= 4 is 27.3 Å². The third kappa shape index (κ3) is 2.37. The van der Waals surface area contributed by atoms with Gasteiger partial charge in [-0.05, 0) is 57.9 Å². The number of halogens is 1. The van der Waals surface area contributed by atoms with E-state index in [0.717, 1.165) is 20.5 Å². The van der Waals surface area contributed by atoms with Crippen molar-refractivity contribution in [2.75, 3.05) is 0 Å². The SMILES string of the molecule is Cc1ccc(C)c(C(O)c2csc(Br)c2)c1. The fourth-order valence-corrected chi connectivity index (χ4v) is 2.90. The summed E-state index contributed by atoms with van der Waals surface area (Å²) in [5.74, 6) is 0. The van der Waals surface area contributed by atoms with Crippen LogP contribution in [0.4, 0.5) is 0 Å². The standard InChI is InChI=1S/C13H13BrOS/c1-8-3-4-9(2)11(5-8)13(15)10-6-12(14)16-7-10/h3-7,13,15H,1-2H3. The van der Waals surface area contributed by atoms with Gasteiger partial charge in [-0.3, -0.25) is 0 Å². The van der Waals surface area contributed by atoms with Crippen LogP contribution < -0.4 is 0 Å². The molecule has 0 spiro atoms. The van der Waals surface area contributed by atoms with Crippen LogP contribution >= 0.6 is 27.3 Å². The first-order valence-corrected chi connectivity index (χ1v) is 6.74. The van der Waals surface area contributed by atoms with Crippen LogP contribution in [0.5, 0.6) is 0 Å². The molecule has 1 aromatic carbocycles. The summed E-state index contributed by atoms with van der Waals surface area (Å²) in [6, 6.07) is 8.13. The van der Waals surface area contributed by atoms with E-state index in [0.29, 0.717) is 0 Å². The lowest BCUT2D eigenvalue weighted by atomic mass is 9.97. The highest BCUT2D eigenvalue weighted by molar-refractivity contribution is 9.11. The Labute approximate surface area is 108 Å². The van der Waals surface area contributed by atoms with Crippen molar-refractivity contribution in [1.29, 1.82) is 0 Å². The van der Waals surface area contributed by atoms with E-state index in [-0.39, 0.29) is 0 Å². The highest BCUT2D eigenvalue weighted by atomic mass is 79.9. The van der Waals surface area contributed by atoms with E-state index in [4.69, 9.17) is 0 Å². The summed E-state index contributed by atoms with van der Waals surface area (Å²) >= 11 is 5.01. The van der Waals surface area contributed by atoms with E-state index in [1.54, 1.807) is 11.3 Å². The van der Waals surface area contributed by atoms with Crippen molar-refractivity contribution in [2.24, 2.45) is 0 Å². The van der Waals surface area contributed by atoms with E-state index in [1.807, 2.05) is 31.4 Å². The van der Waals surface area contributed by atoms with Crippen molar-refractivity contribution in [2.45, 2.75) is 20.0 Å². The zero-order valence-electron chi connectivity index (χ0n) is 9.20. The van der Waals surface area contributed by atoms with Crippen LogP contribution in [0.25, 0.3) is 0 Å². The van der Waals surface area contributed by atoms with Gasteiger partial charge in [0.05, 0.1) is 3.79 Å². The first-order chi connectivity index (χ1) is 7.58. The summed E-state index contributed by atoms with van der Waals surface area (Å²) in [5.41, 5.74) is 4.24. The van der Waals surface area contributed by atoms with Crippen LogP contribution in [0.3, 0.4) is 0 Å². The van der Waals surface area contributed by atoms with Gasteiger partial charge in [0.1, 0.15) is 6.10 Å². The highest BCUT2D eigenvalue weighted by Gasteiger charge is 2.14. The molecule has 2 rings (SSSR count). The lowest BCUT2D eigenvalue weighted by Crippen LogP contribution is -2.01. The predicted octanol–water partition coefficient (Wildman–Crippen LogP) is 4.21. The minimum atomic E-state index is -0.526. The first kappa shape index (κ1) is 11.8. The van der Waals surface area contributed by atoms with Gasteiger partial charge >= 0.3 is 0 Å². The van der Waals surface area contributed by atoms with Gasteiger partial charge in [0.2, 0.25) is 0 Å². The molecule has 0 saturated carbocycles. The zero-order valence-corrected chi connectivity index (χ0v) is 11.6. The normalized spacial score (nSPS) is 12.8. The Morgan fingerprint density at radius 3 is 2.62 bits per heavy atom. The van der Waals surface area contributed by atoms with Crippen molar-refractivity contribution < 1.29 is 5.11 Å². The summed E-state index contributed by atoms with van der Waals surface area (Å²) in [7, 11) is 0. The molecule has 84 valence electrons. The molecule has 0 aliphatic heterocycles. The molecule has 0 fully saturated rings. The van der Waals surface area contributed by atoms with Crippen LogP contribution in [0.15, 0.2) is 33.4 Å². The smallest absolute Gasteiger partial charge is 0.105 e. The van der Waals surface area contributed by atoms with Gasteiger partial charge in [-0.25, -0.2) is 0 Å². The summed E-state index contributed by atoms with van der Waals surface area (Å²) in [4.78, 5) is 0. The second kappa shape index (κ2) is 4.70. The summed E-state index contributed by atoms with van der Waals surface area (Å²) < 4.78 is 1.05. The average Bonchev–Trinajstić information content (AvgIpc) is 2.67. The van der Waals surface area contributed by atoms with Crippen LogP contribution in [0.2, 0.25) is 0 Å². The molecule has 0 aliphatic rings. The number of benzene rings is 1. The molecule has 1 heterocycles. The summed E-state index contributed by atoms with van der Waals surface area (Å²) in [6.45, 7) is 4.07. The van der Waals surface area contributed by atoms with Crippen LogP contribution in [0, 0.1) is 13.8 Å². The number of hydrogen-bond acceptors (Lipinski definition) is 2. The lowest BCUT2D eigenvalue weighted by Gasteiger charge is -2.13. The van der Waals surface area contributed by atoms with Crippen molar-refractivity contribution in [3.8, 4) is 0 Å². The highest BCUT2D eigenvalue weighted by Crippen LogP contribution is 2.30. The van der Waals surface area contributed by atoms with Gasteiger partial charge in [-0.2, -0.15) is 0 Å². The van der Waals surface area contributed by atoms with Gasteiger partial charge in [-0.15, -0.1) is 11.3 Å². The Balaban J connectivity index is 2.40. The largest absolute Gasteiger partial charge is 0.384 e. The monoisotopic (exact) mass is 296 g/mol. The Kier molecular flexibility index (Phi) is 3.47. The maximum atomic E-state index is 10.3. The molecular formula is C13H13BrOS. The first-order valence-electron chi connectivity index (χ1n) is 5.07. The molecule has 0 radical (unpaired) electrons. The van der Waals surface area contributed by atoms with Gasteiger partial charge < -0.3 is 5.11 Å². The average molecular weight is 297 g/mol. The molecule has 2 aromatic rings. The molecule has 16 heavy (non-hydrogen) atoms. The van der Waals surface area contributed by atoms with Crippen LogP contribution in [0.1, 0.15) is 28.4 Å². The quantitative estimate of drug-likeness (QED) is 0.880. The van der Waals surface area contributed by atoms with E-state index >= 15 is 0 Å². The topological polar surface area (TPSA) is 20.2 Å². The molecule has 0 aliphatic carbocycles. The van der Waals surface area contributed by atoms with E-state index in [1.165, 1.54) is 5.56 Å². The predicted molar refractivity (Wildman–Crippen MR) is 72.0 cm³/mol. The van der Waals surface area contributed by atoms with Crippen molar-refractivity contribution in [1.82, 2.24) is 0 Å². The Morgan fingerprint density at radius 2 is 2.00 bits per heavy atom. The Morgan fingerprint density at radius 1 is 1.25 bits per heavy atom. The number of hydrogen-bond donors (Lipinski definition) is 1. The number of aliphatic hydroxyl groups is 1. The molecule has 1 aromatic heterocycles.